The first-order valence-corrected chi connectivity index (χ1v) is 11.0. The number of nitrogens with one attached hydrogen (secondary N) is 1. The molecule has 6 nitrogen and oxygen atoms in total. The van der Waals surface area contributed by atoms with Gasteiger partial charge in [-0.2, -0.15) is 0 Å². The summed E-state index contributed by atoms with van der Waals surface area (Å²) in [6.07, 6.45) is 4.07. The maximum Gasteiger partial charge on any atom is 0.219 e. The maximum atomic E-state index is 11.8. The fourth-order valence-corrected chi connectivity index (χ4v) is 4.67. The van der Waals surface area contributed by atoms with Crippen molar-refractivity contribution in [2.24, 2.45) is 0 Å². The Bertz CT molecular complexity index is 903. The van der Waals surface area contributed by atoms with Gasteiger partial charge >= 0.3 is 0 Å². The van der Waals surface area contributed by atoms with Gasteiger partial charge in [-0.15, -0.1) is 0 Å². The third kappa shape index (κ3) is 3.93. The lowest BCUT2D eigenvalue weighted by Gasteiger charge is -2.39. The van der Waals surface area contributed by atoms with Gasteiger partial charge in [0.2, 0.25) is 5.91 Å². The van der Waals surface area contributed by atoms with Crippen molar-refractivity contribution in [2.75, 3.05) is 39.0 Å². The van der Waals surface area contributed by atoms with E-state index >= 15 is 0 Å². The number of rotatable bonds is 5. The Hall–Kier alpha value is -2.47. The van der Waals surface area contributed by atoms with E-state index in [4.69, 9.17) is 9.97 Å². The topological polar surface area (TPSA) is 61.4 Å². The smallest absolute Gasteiger partial charge is 0.219 e. The summed E-state index contributed by atoms with van der Waals surface area (Å²) in [6, 6.07) is 10.7. The highest BCUT2D eigenvalue weighted by atomic mass is 16.2. The fraction of sp³-hybridized carbons (Fsp3) is 0.542. The van der Waals surface area contributed by atoms with Crippen LogP contribution < -0.4 is 5.32 Å². The Kier molecular flexibility index (Phi) is 5.78. The van der Waals surface area contributed by atoms with Crippen LogP contribution in [0.1, 0.15) is 44.4 Å². The molecule has 1 saturated heterocycles. The number of fused-ring (bicyclic) bond motifs is 2. The molecular formula is C24H33N5O. The van der Waals surface area contributed by atoms with E-state index < -0.39 is 0 Å². The Labute approximate surface area is 179 Å². The predicted molar refractivity (Wildman–Crippen MR) is 121 cm³/mol. The number of amides is 1. The zero-order chi connectivity index (χ0) is 21.3. The lowest BCUT2D eigenvalue weighted by atomic mass is 9.76. The standard InChI is InChI=1S/C24H33N5O/c1-17(28(3)4)16-25-23-20-10-11-24(12-14-29(15-13-24)18(2)30)21(20)26-22(27-23)19-8-6-5-7-9-19/h5-9,17H,10-16H2,1-4H3,(H,25,26,27). The fourth-order valence-electron chi connectivity index (χ4n) is 4.67. The summed E-state index contributed by atoms with van der Waals surface area (Å²) in [5, 5.41) is 3.63. The molecule has 30 heavy (non-hydrogen) atoms. The first kappa shape index (κ1) is 20.8. The molecule has 2 heterocycles. The van der Waals surface area contributed by atoms with Crippen LogP contribution in [0.15, 0.2) is 30.3 Å². The molecule has 1 atom stereocenters. The second kappa shape index (κ2) is 8.34. The molecule has 0 saturated carbocycles. The number of carbonyl (C=O) groups excluding carboxylic acids is 1. The molecular weight excluding hydrogens is 374 g/mol. The minimum Gasteiger partial charge on any atom is -0.368 e. The van der Waals surface area contributed by atoms with E-state index in [-0.39, 0.29) is 11.3 Å². The largest absolute Gasteiger partial charge is 0.368 e. The second-order valence-electron chi connectivity index (χ2n) is 9.07. The van der Waals surface area contributed by atoms with Crippen molar-refractivity contribution in [3.8, 4) is 11.4 Å². The van der Waals surface area contributed by atoms with Crippen molar-refractivity contribution in [1.29, 1.82) is 0 Å². The van der Waals surface area contributed by atoms with Crippen molar-refractivity contribution in [3.05, 3.63) is 41.6 Å². The van der Waals surface area contributed by atoms with E-state index in [0.717, 1.165) is 62.5 Å². The van der Waals surface area contributed by atoms with Gasteiger partial charge < -0.3 is 15.1 Å². The molecule has 2 aromatic rings. The summed E-state index contributed by atoms with van der Waals surface area (Å²) in [5.74, 6) is 1.96. The number of hydrogen-bond donors (Lipinski definition) is 1. The number of aromatic nitrogens is 2. The SMILES string of the molecule is CC(=O)N1CCC2(CCc3c(NCC(C)N(C)C)nc(-c4ccccc4)nc32)CC1. The van der Waals surface area contributed by atoms with Gasteiger partial charge in [-0.1, -0.05) is 30.3 Å². The number of nitrogens with zero attached hydrogens (tertiary/aromatic N) is 4. The number of hydrogen-bond acceptors (Lipinski definition) is 5. The van der Waals surface area contributed by atoms with Gasteiger partial charge in [0.1, 0.15) is 5.82 Å². The van der Waals surface area contributed by atoms with Gasteiger partial charge in [-0.05, 0) is 46.7 Å². The molecule has 1 N–H and O–H groups in total. The van der Waals surface area contributed by atoms with E-state index in [1.165, 1.54) is 11.3 Å². The highest BCUT2D eigenvalue weighted by Crippen LogP contribution is 2.47. The predicted octanol–water partition coefficient (Wildman–Crippen LogP) is 3.33. The van der Waals surface area contributed by atoms with Crippen molar-refractivity contribution in [2.45, 2.75) is 51.0 Å². The first-order chi connectivity index (χ1) is 14.4. The number of benzene rings is 1. The van der Waals surface area contributed by atoms with E-state index in [1.54, 1.807) is 6.92 Å². The molecule has 1 spiro atoms. The number of likely N-dealkylation sites (N-methyl/N-ethyl adjacent to an activating group) is 1. The van der Waals surface area contributed by atoms with Crippen LogP contribution >= 0.6 is 0 Å². The number of anilines is 1. The van der Waals surface area contributed by atoms with Crippen LogP contribution in [0.2, 0.25) is 0 Å². The van der Waals surface area contributed by atoms with Crippen LogP contribution in [-0.2, 0) is 16.6 Å². The van der Waals surface area contributed by atoms with Crippen LogP contribution in [-0.4, -0.2) is 65.4 Å². The summed E-state index contributed by atoms with van der Waals surface area (Å²) in [7, 11) is 4.20. The molecule has 1 aromatic carbocycles. The summed E-state index contributed by atoms with van der Waals surface area (Å²) >= 11 is 0. The van der Waals surface area contributed by atoms with Crippen LogP contribution in [0.3, 0.4) is 0 Å². The van der Waals surface area contributed by atoms with Gasteiger partial charge in [0.25, 0.3) is 0 Å². The molecule has 6 heteroatoms. The molecule has 1 fully saturated rings. The molecule has 1 unspecified atom stereocenters. The van der Waals surface area contributed by atoms with Crippen molar-refractivity contribution in [1.82, 2.24) is 19.8 Å². The number of piperidine rings is 1. The Morgan fingerprint density at radius 2 is 1.87 bits per heavy atom. The summed E-state index contributed by atoms with van der Waals surface area (Å²) < 4.78 is 0. The number of likely N-dealkylation sites (tertiary alicyclic amines) is 1. The zero-order valence-corrected chi connectivity index (χ0v) is 18.6. The molecule has 1 aromatic heterocycles. The average molecular weight is 408 g/mol. The average Bonchev–Trinajstić information content (AvgIpc) is 3.10. The summed E-state index contributed by atoms with van der Waals surface area (Å²) in [6.45, 7) is 6.37. The van der Waals surface area contributed by atoms with E-state index in [9.17, 15) is 4.79 Å². The Morgan fingerprint density at radius 1 is 1.17 bits per heavy atom. The lowest BCUT2D eigenvalue weighted by molar-refractivity contribution is -0.130. The van der Waals surface area contributed by atoms with Crippen LogP contribution in [0.5, 0.6) is 0 Å². The van der Waals surface area contributed by atoms with Gasteiger partial charge in [-0.25, -0.2) is 9.97 Å². The molecule has 1 aliphatic carbocycles. The van der Waals surface area contributed by atoms with Crippen molar-refractivity contribution in [3.63, 3.8) is 0 Å². The Morgan fingerprint density at radius 3 is 2.50 bits per heavy atom. The van der Waals surface area contributed by atoms with Crippen molar-refractivity contribution >= 4 is 11.7 Å². The van der Waals surface area contributed by atoms with Gasteiger partial charge in [0, 0.05) is 49.1 Å². The maximum absolute atomic E-state index is 11.8. The van der Waals surface area contributed by atoms with Gasteiger partial charge in [0.15, 0.2) is 5.82 Å². The molecule has 1 aliphatic heterocycles. The normalized spacial score (nSPS) is 18.5. The third-order valence-electron chi connectivity index (χ3n) is 7.01. The van der Waals surface area contributed by atoms with Gasteiger partial charge in [0.05, 0.1) is 5.69 Å². The molecule has 0 bridgehead atoms. The zero-order valence-electron chi connectivity index (χ0n) is 18.6. The molecule has 160 valence electrons. The molecule has 0 radical (unpaired) electrons. The van der Waals surface area contributed by atoms with E-state index in [2.05, 4.69) is 43.4 Å². The lowest BCUT2D eigenvalue weighted by Crippen LogP contribution is -2.43. The van der Waals surface area contributed by atoms with E-state index in [1.807, 2.05) is 23.1 Å². The number of carbonyl (C=O) groups is 1. The minimum absolute atomic E-state index is 0.0668. The minimum atomic E-state index is 0.0668. The monoisotopic (exact) mass is 407 g/mol. The molecule has 4 rings (SSSR count). The summed E-state index contributed by atoms with van der Waals surface area (Å²) in [4.78, 5) is 26.1. The van der Waals surface area contributed by atoms with Crippen LogP contribution in [0.25, 0.3) is 11.4 Å². The van der Waals surface area contributed by atoms with Gasteiger partial charge in [-0.3, -0.25) is 4.79 Å². The second-order valence-corrected chi connectivity index (χ2v) is 9.07. The van der Waals surface area contributed by atoms with Crippen molar-refractivity contribution < 1.29 is 4.79 Å². The quantitative estimate of drug-likeness (QED) is 0.824. The van der Waals surface area contributed by atoms with E-state index in [0.29, 0.717) is 6.04 Å². The van der Waals surface area contributed by atoms with Crippen LogP contribution in [0, 0.1) is 0 Å². The highest BCUT2D eigenvalue weighted by molar-refractivity contribution is 5.73. The molecule has 1 amide bonds. The summed E-state index contributed by atoms with van der Waals surface area (Å²) in [5.41, 5.74) is 3.60. The third-order valence-corrected chi connectivity index (χ3v) is 7.01. The highest BCUT2D eigenvalue weighted by Gasteiger charge is 2.44. The van der Waals surface area contributed by atoms with Crippen LogP contribution in [0.4, 0.5) is 5.82 Å². The Balaban J connectivity index is 1.70. The first-order valence-electron chi connectivity index (χ1n) is 11.0. The molecule has 2 aliphatic rings.